The van der Waals surface area contributed by atoms with Crippen LogP contribution in [-0.2, 0) is 12.8 Å². The third-order valence-corrected chi connectivity index (χ3v) is 2.31. The molecule has 1 N–H and O–H groups in total. The molecule has 0 aliphatic carbocycles. The van der Waals surface area contributed by atoms with Crippen molar-refractivity contribution in [2.45, 2.75) is 19.3 Å². The van der Waals surface area contributed by atoms with Crippen LogP contribution in [-0.4, -0.2) is 10.2 Å². The Hall–Kier alpha value is -1.57. The van der Waals surface area contributed by atoms with E-state index in [2.05, 4.69) is 40.5 Å². The first-order valence-electron chi connectivity index (χ1n) is 4.97. The van der Waals surface area contributed by atoms with E-state index in [0.717, 1.165) is 12.8 Å². The summed E-state index contributed by atoms with van der Waals surface area (Å²) >= 11 is 0. The van der Waals surface area contributed by atoms with Gasteiger partial charge in [-0.3, -0.25) is 5.10 Å². The van der Waals surface area contributed by atoms with Gasteiger partial charge in [0, 0.05) is 11.9 Å². The molecule has 2 nitrogen and oxygen atoms in total. The second kappa shape index (κ2) is 4.61. The lowest BCUT2D eigenvalue weighted by Crippen LogP contribution is -1.90. The number of aryl methyl sites for hydroxylation is 2. The molecular formula is C12H14N2. The number of H-pyrrole nitrogens is 1. The summed E-state index contributed by atoms with van der Waals surface area (Å²) in [7, 11) is 0. The molecule has 72 valence electrons. The number of nitrogens with one attached hydrogen (secondary N) is 1. The summed E-state index contributed by atoms with van der Waals surface area (Å²) in [6, 6.07) is 12.6. The fourth-order valence-corrected chi connectivity index (χ4v) is 1.55. The van der Waals surface area contributed by atoms with Gasteiger partial charge < -0.3 is 0 Å². The molecule has 0 saturated heterocycles. The standard InChI is InChI=1S/C12H14N2/c1-2-5-11(6-3-1)7-4-8-12-9-10-13-14-12/h1-3,5-6,9-10H,4,7-8H2,(H,13,14). The molecule has 0 radical (unpaired) electrons. The Balaban J connectivity index is 1.79. The maximum absolute atomic E-state index is 3.92. The van der Waals surface area contributed by atoms with Gasteiger partial charge in [-0.1, -0.05) is 30.3 Å². The lowest BCUT2D eigenvalue weighted by molar-refractivity contribution is 0.793. The molecule has 0 bridgehead atoms. The van der Waals surface area contributed by atoms with Gasteiger partial charge in [-0.2, -0.15) is 5.10 Å². The summed E-state index contributed by atoms with van der Waals surface area (Å²) < 4.78 is 0. The van der Waals surface area contributed by atoms with Crippen LogP contribution in [0.4, 0.5) is 0 Å². The van der Waals surface area contributed by atoms with Crippen LogP contribution in [0.1, 0.15) is 17.7 Å². The second-order valence-electron chi connectivity index (χ2n) is 3.42. The molecule has 1 aromatic carbocycles. The van der Waals surface area contributed by atoms with Gasteiger partial charge in [-0.25, -0.2) is 0 Å². The maximum Gasteiger partial charge on any atom is 0.0490 e. The third-order valence-electron chi connectivity index (χ3n) is 2.31. The molecule has 0 aliphatic rings. The smallest absolute Gasteiger partial charge is 0.0490 e. The van der Waals surface area contributed by atoms with Crippen LogP contribution < -0.4 is 0 Å². The lowest BCUT2D eigenvalue weighted by Gasteiger charge is -1.99. The van der Waals surface area contributed by atoms with Crippen molar-refractivity contribution in [2.24, 2.45) is 0 Å². The summed E-state index contributed by atoms with van der Waals surface area (Å²) in [4.78, 5) is 0. The van der Waals surface area contributed by atoms with Crippen LogP contribution in [0.3, 0.4) is 0 Å². The van der Waals surface area contributed by atoms with Crippen LogP contribution in [0.15, 0.2) is 42.6 Å². The van der Waals surface area contributed by atoms with Gasteiger partial charge in [0.15, 0.2) is 0 Å². The van der Waals surface area contributed by atoms with E-state index in [4.69, 9.17) is 0 Å². The zero-order chi connectivity index (χ0) is 9.64. The molecule has 1 aromatic heterocycles. The van der Waals surface area contributed by atoms with Gasteiger partial charge in [-0.15, -0.1) is 0 Å². The minimum atomic E-state index is 1.08. The normalized spacial score (nSPS) is 10.3. The van der Waals surface area contributed by atoms with Crippen LogP contribution in [0.5, 0.6) is 0 Å². The predicted octanol–water partition coefficient (Wildman–Crippen LogP) is 2.58. The van der Waals surface area contributed by atoms with Crippen molar-refractivity contribution >= 4 is 0 Å². The molecule has 1 heterocycles. The number of hydrogen-bond acceptors (Lipinski definition) is 1. The Morgan fingerprint density at radius 1 is 1.00 bits per heavy atom. The van der Waals surface area contributed by atoms with E-state index in [1.54, 1.807) is 6.20 Å². The fourth-order valence-electron chi connectivity index (χ4n) is 1.55. The van der Waals surface area contributed by atoms with Gasteiger partial charge in [0.2, 0.25) is 0 Å². The van der Waals surface area contributed by atoms with Crippen LogP contribution in [0, 0.1) is 0 Å². The average Bonchev–Trinajstić information content (AvgIpc) is 2.72. The van der Waals surface area contributed by atoms with E-state index in [-0.39, 0.29) is 0 Å². The summed E-state index contributed by atoms with van der Waals surface area (Å²) in [6.45, 7) is 0. The van der Waals surface area contributed by atoms with Crippen molar-refractivity contribution in [1.82, 2.24) is 10.2 Å². The first-order valence-corrected chi connectivity index (χ1v) is 4.97. The topological polar surface area (TPSA) is 28.7 Å². The maximum atomic E-state index is 3.92. The van der Waals surface area contributed by atoms with Crippen molar-refractivity contribution in [3.63, 3.8) is 0 Å². The quantitative estimate of drug-likeness (QED) is 0.781. The first-order chi connectivity index (χ1) is 6.95. The number of aromatic nitrogens is 2. The van der Waals surface area contributed by atoms with Gasteiger partial charge >= 0.3 is 0 Å². The van der Waals surface area contributed by atoms with Crippen LogP contribution in [0.2, 0.25) is 0 Å². The first kappa shape index (κ1) is 9.00. The minimum Gasteiger partial charge on any atom is -0.283 e. The molecule has 0 spiro atoms. The zero-order valence-electron chi connectivity index (χ0n) is 8.11. The van der Waals surface area contributed by atoms with Gasteiger partial charge in [0.1, 0.15) is 0 Å². The van der Waals surface area contributed by atoms with Crippen LogP contribution >= 0.6 is 0 Å². The highest BCUT2D eigenvalue weighted by Crippen LogP contribution is 2.05. The van der Waals surface area contributed by atoms with Crippen molar-refractivity contribution in [3.8, 4) is 0 Å². The average molecular weight is 186 g/mol. The number of aromatic amines is 1. The fraction of sp³-hybridized carbons (Fsp3) is 0.250. The SMILES string of the molecule is c1ccc(CCCc2ccn[nH]2)cc1. The van der Waals surface area contributed by atoms with Gasteiger partial charge in [-0.05, 0) is 30.9 Å². The Morgan fingerprint density at radius 3 is 2.57 bits per heavy atom. The molecule has 0 fully saturated rings. The Morgan fingerprint density at radius 2 is 1.86 bits per heavy atom. The van der Waals surface area contributed by atoms with Crippen molar-refractivity contribution in [1.29, 1.82) is 0 Å². The third kappa shape index (κ3) is 2.46. The molecular weight excluding hydrogens is 172 g/mol. The number of nitrogens with zero attached hydrogens (tertiary/aromatic N) is 1. The molecule has 2 aromatic rings. The number of rotatable bonds is 4. The Bertz CT molecular complexity index is 351. The van der Waals surface area contributed by atoms with E-state index in [9.17, 15) is 0 Å². The van der Waals surface area contributed by atoms with E-state index in [1.165, 1.54) is 17.7 Å². The minimum absolute atomic E-state index is 1.08. The predicted molar refractivity (Wildman–Crippen MR) is 57.1 cm³/mol. The molecule has 0 amide bonds. The zero-order valence-corrected chi connectivity index (χ0v) is 8.11. The lowest BCUT2D eigenvalue weighted by atomic mass is 10.1. The van der Waals surface area contributed by atoms with E-state index in [0.29, 0.717) is 0 Å². The number of hydrogen-bond donors (Lipinski definition) is 1. The highest BCUT2D eigenvalue weighted by Gasteiger charge is 1.95. The molecule has 2 rings (SSSR count). The van der Waals surface area contributed by atoms with E-state index < -0.39 is 0 Å². The summed E-state index contributed by atoms with van der Waals surface area (Å²) in [5, 5.41) is 6.90. The van der Waals surface area contributed by atoms with E-state index >= 15 is 0 Å². The van der Waals surface area contributed by atoms with Crippen molar-refractivity contribution in [2.75, 3.05) is 0 Å². The van der Waals surface area contributed by atoms with Crippen molar-refractivity contribution < 1.29 is 0 Å². The molecule has 2 heteroatoms. The molecule has 0 atom stereocenters. The number of benzene rings is 1. The van der Waals surface area contributed by atoms with E-state index in [1.807, 2.05) is 6.07 Å². The monoisotopic (exact) mass is 186 g/mol. The molecule has 0 aliphatic heterocycles. The highest BCUT2D eigenvalue weighted by atomic mass is 15.1. The van der Waals surface area contributed by atoms with Crippen LogP contribution in [0.25, 0.3) is 0 Å². The Kier molecular flexibility index (Phi) is 2.96. The summed E-state index contributed by atoms with van der Waals surface area (Å²) in [5.74, 6) is 0. The Labute approximate surface area is 84.0 Å². The molecule has 0 unspecified atom stereocenters. The summed E-state index contributed by atoms with van der Waals surface area (Å²) in [5.41, 5.74) is 2.63. The van der Waals surface area contributed by atoms with Crippen molar-refractivity contribution in [3.05, 3.63) is 53.9 Å². The van der Waals surface area contributed by atoms with Gasteiger partial charge in [0.05, 0.1) is 0 Å². The second-order valence-corrected chi connectivity index (χ2v) is 3.42. The molecule has 14 heavy (non-hydrogen) atoms. The summed E-state index contributed by atoms with van der Waals surface area (Å²) in [6.07, 6.45) is 5.19. The largest absolute Gasteiger partial charge is 0.283 e. The highest BCUT2D eigenvalue weighted by molar-refractivity contribution is 5.14. The van der Waals surface area contributed by atoms with Gasteiger partial charge in [0.25, 0.3) is 0 Å². The molecule has 0 saturated carbocycles.